The Morgan fingerprint density at radius 2 is 2.00 bits per heavy atom. The first-order valence-electron chi connectivity index (χ1n) is 4.98. The van der Waals surface area contributed by atoms with Crippen LogP contribution in [0.5, 0.6) is 0 Å². The topological polar surface area (TPSA) is 27.1 Å². The van der Waals surface area contributed by atoms with Crippen molar-refractivity contribution in [3.8, 4) is 0 Å². The van der Waals surface area contributed by atoms with Crippen LogP contribution in [0, 0.1) is 5.41 Å². The molecule has 0 bridgehead atoms. The van der Waals surface area contributed by atoms with Gasteiger partial charge < -0.3 is 4.90 Å². The maximum absolute atomic E-state index is 7.94. The molecular weight excluding hydrogens is 320 g/mol. The highest BCUT2D eigenvalue weighted by atomic mass is 79.9. The third kappa shape index (κ3) is 2.42. The highest BCUT2D eigenvalue weighted by Gasteiger charge is 2.18. The van der Waals surface area contributed by atoms with Crippen molar-refractivity contribution in [1.29, 1.82) is 5.41 Å². The van der Waals surface area contributed by atoms with Crippen LogP contribution in [0.1, 0.15) is 19.3 Å². The Balaban J connectivity index is 2.34. The summed E-state index contributed by atoms with van der Waals surface area (Å²) in [4.78, 5) is 2.08. The number of hydrogen-bond donors (Lipinski definition) is 1. The van der Waals surface area contributed by atoms with Crippen molar-refractivity contribution < 1.29 is 0 Å². The van der Waals surface area contributed by atoms with Crippen molar-refractivity contribution in [2.24, 2.45) is 0 Å². The molecule has 0 atom stereocenters. The van der Waals surface area contributed by atoms with Crippen LogP contribution in [0.25, 0.3) is 0 Å². The first kappa shape index (κ1) is 11.1. The summed E-state index contributed by atoms with van der Waals surface area (Å²) in [7, 11) is 0. The van der Waals surface area contributed by atoms with E-state index < -0.39 is 0 Å². The van der Waals surface area contributed by atoms with Crippen LogP contribution in [0.15, 0.2) is 27.1 Å². The number of halogens is 2. The molecule has 0 radical (unpaired) electrons. The van der Waals surface area contributed by atoms with Gasteiger partial charge >= 0.3 is 0 Å². The minimum absolute atomic E-state index is 0.722. The second kappa shape index (κ2) is 4.66. The van der Waals surface area contributed by atoms with Gasteiger partial charge in [-0.3, -0.25) is 5.41 Å². The van der Waals surface area contributed by atoms with Gasteiger partial charge in [0.2, 0.25) is 0 Å². The van der Waals surface area contributed by atoms with E-state index in [2.05, 4.69) is 42.8 Å². The molecule has 15 heavy (non-hydrogen) atoms. The molecular formula is C11H12Br2N2. The van der Waals surface area contributed by atoms with E-state index in [4.69, 9.17) is 5.41 Å². The average molecular weight is 332 g/mol. The van der Waals surface area contributed by atoms with Crippen LogP contribution < -0.4 is 4.90 Å². The molecule has 80 valence electrons. The summed E-state index contributed by atoms with van der Waals surface area (Å²) in [6.07, 6.45) is 3.20. The maximum atomic E-state index is 7.94. The Bertz CT molecular complexity index is 390. The molecule has 4 heteroatoms. The molecule has 1 fully saturated rings. The van der Waals surface area contributed by atoms with Gasteiger partial charge in [0.25, 0.3) is 0 Å². The number of amidine groups is 1. The monoisotopic (exact) mass is 330 g/mol. The van der Waals surface area contributed by atoms with Gasteiger partial charge in [0.05, 0.1) is 5.69 Å². The first-order valence-corrected chi connectivity index (χ1v) is 6.57. The molecule has 1 N–H and O–H groups in total. The molecule has 1 aliphatic heterocycles. The third-order valence-electron chi connectivity index (χ3n) is 2.57. The summed E-state index contributed by atoms with van der Waals surface area (Å²) in [5.74, 6) is 0.722. The van der Waals surface area contributed by atoms with E-state index in [1.807, 2.05) is 12.1 Å². The highest BCUT2D eigenvalue weighted by Crippen LogP contribution is 2.31. The molecule has 1 aromatic rings. The number of hydrogen-bond acceptors (Lipinski definition) is 1. The Hall–Kier alpha value is -0.350. The van der Waals surface area contributed by atoms with Gasteiger partial charge in [-0.05, 0) is 47.0 Å². The summed E-state index contributed by atoms with van der Waals surface area (Å²) in [5.41, 5.74) is 1.09. The van der Waals surface area contributed by atoms with Crippen LogP contribution in [0.3, 0.4) is 0 Å². The van der Waals surface area contributed by atoms with Crippen LogP contribution in [-0.2, 0) is 0 Å². The Morgan fingerprint density at radius 1 is 1.20 bits per heavy atom. The molecule has 1 aromatic carbocycles. The molecule has 1 saturated heterocycles. The SMILES string of the molecule is N=C1CCCCN1c1cc(Br)ccc1Br. The number of benzene rings is 1. The molecule has 2 rings (SSSR count). The van der Waals surface area contributed by atoms with E-state index in [0.29, 0.717) is 0 Å². The lowest BCUT2D eigenvalue weighted by Gasteiger charge is -2.30. The number of piperidine rings is 1. The Morgan fingerprint density at radius 3 is 2.73 bits per heavy atom. The Labute approximate surface area is 106 Å². The van der Waals surface area contributed by atoms with E-state index in [1.165, 1.54) is 6.42 Å². The van der Waals surface area contributed by atoms with Gasteiger partial charge in [-0.15, -0.1) is 0 Å². The Kier molecular flexibility index (Phi) is 3.46. The number of anilines is 1. The van der Waals surface area contributed by atoms with Crippen LogP contribution >= 0.6 is 31.9 Å². The summed E-state index contributed by atoms with van der Waals surface area (Å²) in [5, 5.41) is 7.94. The highest BCUT2D eigenvalue weighted by molar-refractivity contribution is 9.11. The van der Waals surface area contributed by atoms with Gasteiger partial charge in [-0.2, -0.15) is 0 Å². The third-order valence-corrected chi connectivity index (χ3v) is 3.73. The van der Waals surface area contributed by atoms with Gasteiger partial charge in [0.15, 0.2) is 0 Å². The average Bonchev–Trinajstić information content (AvgIpc) is 2.23. The summed E-state index contributed by atoms with van der Waals surface area (Å²) in [6, 6.07) is 6.08. The van der Waals surface area contributed by atoms with E-state index in [1.54, 1.807) is 0 Å². The van der Waals surface area contributed by atoms with Crippen LogP contribution in [-0.4, -0.2) is 12.4 Å². The van der Waals surface area contributed by atoms with Crippen molar-refractivity contribution >= 4 is 43.4 Å². The molecule has 1 aliphatic rings. The van der Waals surface area contributed by atoms with E-state index in [0.717, 1.165) is 39.9 Å². The van der Waals surface area contributed by atoms with Gasteiger partial charge in [-0.25, -0.2) is 0 Å². The van der Waals surface area contributed by atoms with E-state index in [9.17, 15) is 0 Å². The fourth-order valence-electron chi connectivity index (χ4n) is 1.79. The lowest BCUT2D eigenvalue weighted by molar-refractivity contribution is 0.707. The van der Waals surface area contributed by atoms with Crippen molar-refractivity contribution in [1.82, 2.24) is 0 Å². The lowest BCUT2D eigenvalue weighted by Crippen LogP contribution is -2.34. The minimum atomic E-state index is 0.722. The minimum Gasteiger partial charge on any atom is -0.329 e. The quantitative estimate of drug-likeness (QED) is 0.821. The zero-order valence-electron chi connectivity index (χ0n) is 8.26. The normalized spacial score (nSPS) is 16.9. The summed E-state index contributed by atoms with van der Waals surface area (Å²) >= 11 is 7.00. The molecule has 0 aromatic heterocycles. The predicted octanol–water partition coefficient (Wildman–Crippen LogP) is 4.18. The van der Waals surface area contributed by atoms with E-state index >= 15 is 0 Å². The van der Waals surface area contributed by atoms with Crippen molar-refractivity contribution in [3.05, 3.63) is 27.1 Å². The van der Waals surface area contributed by atoms with Crippen LogP contribution in [0.4, 0.5) is 5.69 Å². The summed E-state index contributed by atoms with van der Waals surface area (Å²) < 4.78 is 2.11. The number of nitrogens with zero attached hydrogens (tertiary/aromatic N) is 1. The molecule has 0 amide bonds. The predicted molar refractivity (Wildman–Crippen MR) is 70.8 cm³/mol. The number of nitrogens with one attached hydrogen (secondary N) is 1. The smallest absolute Gasteiger partial charge is 0.100 e. The van der Waals surface area contributed by atoms with Crippen molar-refractivity contribution in [2.75, 3.05) is 11.4 Å². The summed E-state index contributed by atoms with van der Waals surface area (Å²) in [6.45, 7) is 0.952. The van der Waals surface area contributed by atoms with Gasteiger partial charge in [-0.1, -0.05) is 15.9 Å². The molecule has 0 aliphatic carbocycles. The second-order valence-electron chi connectivity index (χ2n) is 3.65. The van der Waals surface area contributed by atoms with Crippen LogP contribution in [0.2, 0.25) is 0 Å². The fraction of sp³-hybridized carbons (Fsp3) is 0.364. The zero-order valence-corrected chi connectivity index (χ0v) is 11.4. The second-order valence-corrected chi connectivity index (χ2v) is 5.42. The largest absolute Gasteiger partial charge is 0.329 e. The number of rotatable bonds is 1. The molecule has 0 saturated carbocycles. The lowest BCUT2D eigenvalue weighted by atomic mass is 10.1. The molecule has 0 unspecified atom stereocenters. The van der Waals surface area contributed by atoms with Crippen molar-refractivity contribution in [3.63, 3.8) is 0 Å². The van der Waals surface area contributed by atoms with Gasteiger partial charge in [0, 0.05) is 21.9 Å². The fourth-order valence-corrected chi connectivity index (χ4v) is 2.60. The van der Waals surface area contributed by atoms with Gasteiger partial charge in [0.1, 0.15) is 5.84 Å². The molecule has 0 spiro atoms. The molecule has 2 nitrogen and oxygen atoms in total. The standard InChI is InChI=1S/C11H12Br2N2/c12-8-4-5-9(13)10(7-8)15-6-2-1-3-11(15)14/h4-5,7,14H,1-3,6H2. The maximum Gasteiger partial charge on any atom is 0.100 e. The first-order chi connectivity index (χ1) is 7.18. The molecule has 1 heterocycles. The zero-order chi connectivity index (χ0) is 10.8. The van der Waals surface area contributed by atoms with E-state index in [-0.39, 0.29) is 0 Å². The van der Waals surface area contributed by atoms with Crippen molar-refractivity contribution in [2.45, 2.75) is 19.3 Å².